The summed E-state index contributed by atoms with van der Waals surface area (Å²) >= 11 is 6.09. The topological polar surface area (TPSA) is 55.1 Å². The molecular weight excluding hydrogens is 264 g/mol. The van der Waals surface area contributed by atoms with Crippen LogP contribution in [0.25, 0.3) is 0 Å². The van der Waals surface area contributed by atoms with Gasteiger partial charge in [0.1, 0.15) is 6.61 Å². The van der Waals surface area contributed by atoms with Gasteiger partial charge in [-0.05, 0) is 23.8 Å². The van der Waals surface area contributed by atoms with E-state index in [0.29, 0.717) is 28.7 Å². The minimum absolute atomic E-state index is 0.352. The number of ether oxygens (including phenoxy) is 2. The van der Waals surface area contributed by atoms with Gasteiger partial charge < -0.3 is 9.47 Å². The zero-order valence-electron chi connectivity index (χ0n) is 10.3. The first kappa shape index (κ1) is 13.2. The molecule has 19 heavy (non-hydrogen) atoms. The van der Waals surface area contributed by atoms with Crippen molar-refractivity contribution in [2.45, 2.75) is 6.61 Å². The van der Waals surface area contributed by atoms with Crippen LogP contribution in [0.4, 0.5) is 0 Å². The molecule has 5 heteroatoms. The molecule has 0 N–H and O–H groups in total. The first-order valence-electron chi connectivity index (χ1n) is 5.54. The van der Waals surface area contributed by atoms with Gasteiger partial charge in [0.15, 0.2) is 11.5 Å². The Kier molecular flexibility index (Phi) is 4.22. The molecule has 1 aromatic carbocycles. The van der Waals surface area contributed by atoms with Gasteiger partial charge in [-0.1, -0.05) is 11.6 Å². The molecule has 0 aliphatic carbocycles. The molecule has 2 rings (SSSR count). The van der Waals surface area contributed by atoms with Gasteiger partial charge >= 0.3 is 0 Å². The van der Waals surface area contributed by atoms with Crippen molar-refractivity contribution in [3.63, 3.8) is 0 Å². The maximum Gasteiger partial charge on any atom is 0.180 e. The summed E-state index contributed by atoms with van der Waals surface area (Å²) in [5.41, 5.74) is 1.40. The van der Waals surface area contributed by atoms with Crippen LogP contribution in [0.5, 0.6) is 11.5 Å². The van der Waals surface area contributed by atoms with Crippen LogP contribution >= 0.6 is 11.6 Å². The lowest BCUT2D eigenvalue weighted by atomic mass is 10.2. The zero-order chi connectivity index (χ0) is 13.7. The number of nitriles is 1. The molecule has 0 saturated carbocycles. The molecule has 1 aromatic heterocycles. The van der Waals surface area contributed by atoms with E-state index in [4.69, 9.17) is 26.3 Å². The van der Waals surface area contributed by atoms with Crippen LogP contribution in [-0.4, -0.2) is 12.1 Å². The van der Waals surface area contributed by atoms with E-state index in [1.54, 1.807) is 24.5 Å². The highest BCUT2D eigenvalue weighted by molar-refractivity contribution is 6.32. The number of halogens is 1. The molecular formula is C14H11ClN2O2. The summed E-state index contributed by atoms with van der Waals surface area (Å²) in [5.74, 6) is 0.873. The normalized spacial score (nSPS) is 9.74. The minimum Gasteiger partial charge on any atom is -0.493 e. The molecule has 0 spiro atoms. The lowest BCUT2D eigenvalue weighted by Crippen LogP contribution is -1.99. The van der Waals surface area contributed by atoms with E-state index in [9.17, 15) is 0 Å². The van der Waals surface area contributed by atoms with Crippen LogP contribution < -0.4 is 9.47 Å². The van der Waals surface area contributed by atoms with E-state index in [-0.39, 0.29) is 0 Å². The number of aromatic nitrogens is 1. The second-order valence-electron chi connectivity index (χ2n) is 3.75. The van der Waals surface area contributed by atoms with Crippen LogP contribution in [0.3, 0.4) is 0 Å². The van der Waals surface area contributed by atoms with Gasteiger partial charge in [0, 0.05) is 18.5 Å². The number of pyridine rings is 1. The molecule has 0 aliphatic rings. The monoisotopic (exact) mass is 274 g/mol. The van der Waals surface area contributed by atoms with E-state index in [0.717, 1.165) is 5.56 Å². The Balaban J connectivity index is 2.23. The third-order valence-corrected chi connectivity index (χ3v) is 2.77. The van der Waals surface area contributed by atoms with E-state index < -0.39 is 0 Å². The Bertz CT molecular complexity index is 609. The zero-order valence-corrected chi connectivity index (χ0v) is 11.0. The van der Waals surface area contributed by atoms with Crippen molar-refractivity contribution in [3.8, 4) is 17.6 Å². The molecule has 0 unspecified atom stereocenters. The highest BCUT2D eigenvalue weighted by atomic mass is 35.5. The predicted octanol–water partition coefficient (Wildman–Crippen LogP) is 3.19. The van der Waals surface area contributed by atoms with Crippen molar-refractivity contribution >= 4 is 11.6 Å². The largest absolute Gasteiger partial charge is 0.493 e. The average Bonchev–Trinajstić information content (AvgIpc) is 2.46. The lowest BCUT2D eigenvalue weighted by molar-refractivity contribution is 0.284. The van der Waals surface area contributed by atoms with Crippen LogP contribution in [0.15, 0.2) is 36.7 Å². The molecule has 96 valence electrons. The lowest BCUT2D eigenvalue weighted by Gasteiger charge is -2.12. The fraction of sp³-hybridized carbons (Fsp3) is 0.143. The Morgan fingerprint density at radius 2 is 2.05 bits per heavy atom. The van der Waals surface area contributed by atoms with Crippen molar-refractivity contribution in [2.75, 3.05) is 7.11 Å². The molecule has 0 aliphatic heterocycles. The van der Waals surface area contributed by atoms with E-state index >= 15 is 0 Å². The van der Waals surface area contributed by atoms with Crippen LogP contribution in [0, 0.1) is 11.3 Å². The molecule has 0 atom stereocenters. The van der Waals surface area contributed by atoms with E-state index in [2.05, 4.69) is 4.98 Å². The molecule has 4 nitrogen and oxygen atoms in total. The van der Waals surface area contributed by atoms with Crippen LogP contribution in [0.2, 0.25) is 5.02 Å². The average molecular weight is 275 g/mol. The first-order chi connectivity index (χ1) is 9.24. The Morgan fingerprint density at radius 3 is 2.68 bits per heavy atom. The quantitative estimate of drug-likeness (QED) is 0.859. The Hall–Kier alpha value is -2.25. The maximum absolute atomic E-state index is 8.87. The van der Waals surface area contributed by atoms with Gasteiger partial charge in [-0.15, -0.1) is 0 Å². The van der Waals surface area contributed by atoms with Gasteiger partial charge in [-0.2, -0.15) is 5.26 Å². The second kappa shape index (κ2) is 6.07. The van der Waals surface area contributed by atoms with Gasteiger partial charge in [0.2, 0.25) is 0 Å². The second-order valence-corrected chi connectivity index (χ2v) is 4.15. The van der Waals surface area contributed by atoms with Crippen molar-refractivity contribution in [1.29, 1.82) is 5.26 Å². The van der Waals surface area contributed by atoms with Gasteiger partial charge in [-0.3, -0.25) is 4.98 Å². The number of hydrogen-bond acceptors (Lipinski definition) is 4. The molecule has 0 saturated heterocycles. The summed E-state index contributed by atoms with van der Waals surface area (Å²) in [7, 11) is 1.51. The third-order valence-electron chi connectivity index (χ3n) is 2.49. The van der Waals surface area contributed by atoms with Gasteiger partial charge in [0.05, 0.1) is 23.8 Å². The molecule has 0 amide bonds. The summed E-state index contributed by atoms with van der Waals surface area (Å²) in [6.07, 6.45) is 3.38. The highest BCUT2D eigenvalue weighted by Crippen LogP contribution is 2.36. The number of benzene rings is 1. The molecule has 0 bridgehead atoms. The third kappa shape index (κ3) is 3.15. The van der Waals surface area contributed by atoms with Crippen molar-refractivity contribution in [1.82, 2.24) is 4.98 Å². The predicted molar refractivity (Wildman–Crippen MR) is 71.3 cm³/mol. The molecule has 0 fully saturated rings. The van der Waals surface area contributed by atoms with Crippen molar-refractivity contribution < 1.29 is 9.47 Å². The van der Waals surface area contributed by atoms with Gasteiger partial charge in [-0.25, -0.2) is 0 Å². The van der Waals surface area contributed by atoms with E-state index in [1.807, 2.05) is 18.2 Å². The fourth-order valence-electron chi connectivity index (χ4n) is 1.56. The fourth-order valence-corrected chi connectivity index (χ4v) is 1.82. The summed E-state index contributed by atoms with van der Waals surface area (Å²) in [6.45, 7) is 0.352. The molecule has 2 aromatic rings. The summed E-state index contributed by atoms with van der Waals surface area (Å²) < 4.78 is 10.8. The number of methoxy groups -OCH3 is 1. The maximum atomic E-state index is 8.87. The number of rotatable bonds is 4. The summed E-state index contributed by atoms with van der Waals surface area (Å²) in [4.78, 5) is 3.93. The highest BCUT2D eigenvalue weighted by Gasteiger charge is 2.12. The number of hydrogen-bond donors (Lipinski definition) is 0. The van der Waals surface area contributed by atoms with E-state index in [1.165, 1.54) is 7.11 Å². The summed E-state index contributed by atoms with van der Waals surface area (Å²) in [6, 6.07) is 8.86. The van der Waals surface area contributed by atoms with Crippen molar-refractivity contribution in [3.05, 3.63) is 52.8 Å². The standard InChI is InChI=1S/C14H11ClN2O2/c1-18-13-7-11(8-16)6-12(15)14(13)19-9-10-2-4-17-5-3-10/h2-7H,9H2,1H3. The minimum atomic E-state index is 0.352. The smallest absolute Gasteiger partial charge is 0.180 e. The van der Waals surface area contributed by atoms with Crippen LogP contribution in [0.1, 0.15) is 11.1 Å². The SMILES string of the molecule is COc1cc(C#N)cc(Cl)c1OCc1ccncc1. The van der Waals surface area contributed by atoms with Crippen molar-refractivity contribution in [2.24, 2.45) is 0 Å². The first-order valence-corrected chi connectivity index (χ1v) is 5.91. The van der Waals surface area contributed by atoms with Crippen LogP contribution in [-0.2, 0) is 6.61 Å². The molecule has 1 heterocycles. The molecule has 0 radical (unpaired) electrons. The Morgan fingerprint density at radius 1 is 1.32 bits per heavy atom. The Labute approximate surface area is 116 Å². The summed E-state index contributed by atoms with van der Waals surface area (Å²) in [5, 5.41) is 9.22. The number of nitrogens with zero attached hydrogens (tertiary/aromatic N) is 2. The van der Waals surface area contributed by atoms with Gasteiger partial charge in [0.25, 0.3) is 0 Å².